The van der Waals surface area contributed by atoms with Crippen LogP contribution in [0.15, 0.2) is 200 Å². The fourth-order valence-electron chi connectivity index (χ4n) is 8.97. The number of nitrogens with zero attached hydrogens (tertiary/aromatic N) is 3. The third-order valence-corrected chi connectivity index (χ3v) is 11.4. The van der Waals surface area contributed by atoms with Gasteiger partial charge in [-0.25, -0.2) is 9.97 Å². The van der Waals surface area contributed by atoms with Gasteiger partial charge in [-0.3, -0.25) is 4.98 Å². The van der Waals surface area contributed by atoms with Crippen LogP contribution in [0.3, 0.4) is 0 Å². The minimum atomic E-state index is -0.595. The molecule has 0 saturated carbocycles. The predicted octanol–water partition coefficient (Wildman–Crippen LogP) is 12.7. The predicted molar refractivity (Wildman–Crippen MR) is 226 cm³/mol. The van der Waals surface area contributed by atoms with Crippen LogP contribution in [-0.2, 0) is 5.41 Å². The lowest BCUT2D eigenvalue weighted by Gasteiger charge is -2.35. The lowest BCUT2D eigenvalue weighted by molar-refractivity contribution is 0.770. The van der Waals surface area contributed by atoms with Gasteiger partial charge in [-0.1, -0.05) is 164 Å². The van der Waals surface area contributed by atoms with Crippen molar-refractivity contribution >= 4 is 32.6 Å². The second-order valence-electron chi connectivity index (χ2n) is 14.3. The molecule has 10 aromatic rings. The first-order chi connectivity index (χ1) is 27.3. The molecule has 3 nitrogen and oxygen atoms in total. The van der Waals surface area contributed by atoms with Crippen LogP contribution in [0.5, 0.6) is 0 Å². The van der Waals surface area contributed by atoms with Gasteiger partial charge in [-0.2, -0.15) is 0 Å². The monoisotopic (exact) mass is 699 g/mol. The van der Waals surface area contributed by atoms with Crippen LogP contribution in [0.2, 0.25) is 0 Å². The van der Waals surface area contributed by atoms with Crippen LogP contribution in [0.4, 0.5) is 0 Å². The maximum Gasteiger partial charge on any atom is 0.0972 e. The Morgan fingerprint density at radius 1 is 0.382 bits per heavy atom. The fourth-order valence-corrected chi connectivity index (χ4v) is 8.97. The summed E-state index contributed by atoms with van der Waals surface area (Å²) in [4.78, 5) is 15.2. The molecule has 0 saturated heterocycles. The van der Waals surface area contributed by atoms with Crippen LogP contribution in [-0.4, -0.2) is 15.0 Å². The highest BCUT2D eigenvalue weighted by Crippen LogP contribution is 2.60. The van der Waals surface area contributed by atoms with Crippen molar-refractivity contribution in [3.63, 3.8) is 0 Å². The van der Waals surface area contributed by atoms with Gasteiger partial charge in [0, 0.05) is 39.7 Å². The molecule has 0 spiro atoms. The highest BCUT2D eigenvalue weighted by Gasteiger charge is 2.48. The van der Waals surface area contributed by atoms with Crippen molar-refractivity contribution < 1.29 is 0 Å². The molecule has 256 valence electrons. The normalized spacial score (nSPS) is 12.9. The Labute approximate surface area is 319 Å². The van der Waals surface area contributed by atoms with Crippen molar-refractivity contribution in [1.29, 1.82) is 0 Å². The number of hydrogen-bond donors (Lipinski definition) is 0. The van der Waals surface area contributed by atoms with E-state index in [2.05, 4.69) is 187 Å². The van der Waals surface area contributed by atoms with Gasteiger partial charge >= 0.3 is 0 Å². The molecule has 1 aliphatic carbocycles. The zero-order valence-corrected chi connectivity index (χ0v) is 29.9. The zero-order chi connectivity index (χ0) is 36.3. The summed E-state index contributed by atoms with van der Waals surface area (Å²) in [7, 11) is 0. The maximum atomic E-state index is 5.53. The van der Waals surface area contributed by atoms with Gasteiger partial charge in [0.1, 0.15) is 0 Å². The van der Waals surface area contributed by atoms with Gasteiger partial charge in [0.05, 0.1) is 27.8 Å². The van der Waals surface area contributed by atoms with Crippen LogP contribution in [0.1, 0.15) is 22.3 Å². The van der Waals surface area contributed by atoms with Crippen molar-refractivity contribution in [2.24, 2.45) is 0 Å². The highest BCUT2D eigenvalue weighted by molar-refractivity contribution is 6.06. The Kier molecular flexibility index (Phi) is 7.08. The number of pyridine rings is 3. The molecule has 0 atom stereocenters. The molecule has 3 heterocycles. The van der Waals surface area contributed by atoms with Crippen LogP contribution < -0.4 is 0 Å². The van der Waals surface area contributed by atoms with Gasteiger partial charge in [0.15, 0.2) is 0 Å². The largest absolute Gasteiger partial charge is 0.264 e. The zero-order valence-electron chi connectivity index (χ0n) is 29.9. The van der Waals surface area contributed by atoms with Crippen molar-refractivity contribution in [2.45, 2.75) is 5.41 Å². The molecule has 0 aliphatic heterocycles. The van der Waals surface area contributed by atoms with Gasteiger partial charge in [-0.05, 0) is 74.2 Å². The number of hydrogen-bond acceptors (Lipinski definition) is 3. The molecule has 11 rings (SSSR count). The van der Waals surface area contributed by atoms with Gasteiger partial charge in [-0.15, -0.1) is 0 Å². The van der Waals surface area contributed by atoms with E-state index >= 15 is 0 Å². The first-order valence-electron chi connectivity index (χ1n) is 18.8. The number of benzene rings is 7. The van der Waals surface area contributed by atoms with Crippen molar-refractivity contribution in [2.75, 3.05) is 0 Å². The molecule has 0 unspecified atom stereocenters. The average Bonchev–Trinajstić information content (AvgIpc) is 3.58. The molecule has 3 aromatic heterocycles. The first kappa shape index (κ1) is 31.3. The Bertz CT molecular complexity index is 3040. The summed E-state index contributed by atoms with van der Waals surface area (Å²) < 4.78 is 0. The molecule has 0 N–H and O–H groups in total. The number of aromatic nitrogens is 3. The van der Waals surface area contributed by atoms with E-state index in [0.717, 1.165) is 55.1 Å². The summed E-state index contributed by atoms with van der Waals surface area (Å²) in [6.45, 7) is 0. The minimum absolute atomic E-state index is 0.595. The Morgan fingerprint density at radius 2 is 0.964 bits per heavy atom. The third kappa shape index (κ3) is 4.80. The van der Waals surface area contributed by atoms with Gasteiger partial charge in [0.25, 0.3) is 0 Å². The molecule has 0 radical (unpaired) electrons. The van der Waals surface area contributed by atoms with Gasteiger partial charge in [0.2, 0.25) is 0 Å². The molecular weight excluding hydrogens is 667 g/mol. The third-order valence-electron chi connectivity index (χ3n) is 11.4. The van der Waals surface area contributed by atoms with E-state index in [9.17, 15) is 0 Å². The van der Waals surface area contributed by atoms with Crippen molar-refractivity contribution in [3.05, 3.63) is 223 Å². The van der Waals surface area contributed by atoms with E-state index in [0.29, 0.717) is 0 Å². The van der Waals surface area contributed by atoms with Gasteiger partial charge < -0.3 is 0 Å². The standard InChI is InChI=1S/C52H33N3/c1-4-12-34(13-5-1)46-28-24-35-20-21-36-25-29-47(55-51(36)50(35)54-46)44-27-26-42(38-22-23-39-33-53-31-30-37(39)32-38)49-48(44)43-18-10-11-19-45(43)52(49,40-14-6-2-7-15-40)41-16-8-3-9-17-41/h1-33H. The van der Waals surface area contributed by atoms with Crippen LogP contribution >= 0.6 is 0 Å². The minimum Gasteiger partial charge on any atom is -0.264 e. The molecule has 0 amide bonds. The van der Waals surface area contributed by atoms with E-state index < -0.39 is 5.41 Å². The Morgan fingerprint density at radius 3 is 1.69 bits per heavy atom. The summed E-state index contributed by atoms with van der Waals surface area (Å²) >= 11 is 0. The van der Waals surface area contributed by atoms with E-state index in [1.165, 1.54) is 44.5 Å². The second kappa shape index (κ2) is 12.4. The number of fused-ring (bicyclic) bond motifs is 7. The smallest absolute Gasteiger partial charge is 0.0972 e. The topological polar surface area (TPSA) is 38.7 Å². The van der Waals surface area contributed by atoms with E-state index in [1.807, 2.05) is 18.5 Å². The van der Waals surface area contributed by atoms with Crippen molar-refractivity contribution in [1.82, 2.24) is 15.0 Å². The first-order valence-corrected chi connectivity index (χ1v) is 18.8. The summed E-state index contributed by atoms with van der Waals surface area (Å²) in [6, 6.07) is 67.8. The highest BCUT2D eigenvalue weighted by atomic mass is 14.8. The van der Waals surface area contributed by atoms with Crippen LogP contribution in [0, 0.1) is 0 Å². The molecule has 0 fully saturated rings. The summed E-state index contributed by atoms with van der Waals surface area (Å²) in [5, 5.41) is 4.42. The molecule has 1 aliphatic rings. The summed E-state index contributed by atoms with van der Waals surface area (Å²) in [6.07, 6.45) is 3.81. The average molecular weight is 700 g/mol. The lowest BCUT2D eigenvalue weighted by Crippen LogP contribution is -2.29. The van der Waals surface area contributed by atoms with E-state index in [1.54, 1.807) is 0 Å². The Hall–Kier alpha value is -7.23. The van der Waals surface area contributed by atoms with Crippen molar-refractivity contribution in [3.8, 4) is 44.8 Å². The molecular formula is C52H33N3. The quantitative estimate of drug-likeness (QED) is 0.168. The SMILES string of the molecule is c1ccc(-c2ccc3ccc4ccc(-c5ccc(-c6ccc7cnccc7c6)c6c5-c5ccccc5C6(c5ccccc5)c5ccccc5)nc4c3n2)cc1. The summed E-state index contributed by atoms with van der Waals surface area (Å²) in [5.74, 6) is 0. The van der Waals surface area contributed by atoms with E-state index in [-0.39, 0.29) is 0 Å². The van der Waals surface area contributed by atoms with E-state index in [4.69, 9.17) is 9.97 Å². The Balaban J connectivity index is 1.25. The number of rotatable bonds is 5. The van der Waals surface area contributed by atoms with Crippen LogP contribution in [0.25, 0.3) is 77.3 Å². The fraction of sp³-hybridized carbons (Fsp3) is 0.0192. The molecule has 0 bridgehead atoms. The second-order valence-corrected chi connectivity index (χ2v) is 14.3. The lowest BCUT2D eigenvalue weighted by atomic mass is 9.66. The molecule has 3 heteroatoms. The summed E-state index contributed by atoms with van der Waals surface area (Å²) in [5.41, 5.74) is 15.0. The maximum absolute atomic E-state index is 5.53. The molecule has 55 heavy (non-hydrogen) atoms. The molecule has 7 aromatic carbocycles.